The van der Waals surface area contributed by atoms with E-state index in [1.807, 2.05) is 80.4 Å². The van der Waals surface area contributed by atoms with Crippen LogP contribution in [0.3, 0.4) is 0 Å². The van der Waals surface area contributed by atoms with Crippen LogP contribution in [0.4, 0.5) is 0 Å². The highest BCUT2D eigenvalue weighted by atomic mass is 35.5. The van der Waals surface area contributed by atoms with Crippen molar-refractivity contribution in [3.05, 3.63) is 141 Å². The Morgan fingerprint density at radius 1 is 0.575 bits per heavy atom. The van der Waals surface area contributed by atoms with Crippen molar-refractivity contribution in [3.63, 3.8) is 0 Å². The molecule has 396 valence electrons. The minimum Gasteiger partial charge on any atom is -0.437 e. The van der Waals surface area contributed by atoms with Crippen molar-refractivity contribution in [3.8, 4) is 0 Å². The largest absolute Gasteiger partial charge is 0.437 e. The Morgan fingerprint density at radius 2 is 0.973 bits per heavy atom. The van der Waals surface area contributed by atoms with Crippen LogP contribution in [0, 0.1) is 22.7 Å². The van der Waals surface area contributed by atoms with Crippen LogP contribution in [0.15, 0.2) is 109 Å². The van der Waals surface area contributed by atoms with Crippen molar-refractivity contribution in [2.24, 2.45) is 22.7 Å². The summed E-state index contributed by atoms with van der Waals surface area (Å²) < 4.78 is 0. The molecule has 4 aliphatic heterocycles. The van der Waals surface area contributed by atoms with Crippen molar-refractivity contribution in [1.29, 1.82) is 0 Å². The van der Waals surface area contributed by atoms with E-state index in [-0.39, 0.29) is 47.3 Å². The summed E-state index contributed by atoms with van der Waals surface area (Å²) in [7, 11) is -0.770. The summed E-state index contributed by atoms with van der Waals surface area (Å²) in [5.74, 6) is 1.47. The van der Waals surface area contributed by atoms with Crippen LogP contribution in [-0.4, -0.2) is 138 Å². The van der Waals surface area contributed by atoms with Crippen LogP contribution >= 0.6 is 34.8 Å². The lowest BCUT2D eigenvalue weighted by Gasteiger charge is -2.50. The number of piperazine rings is 2. The van der Waals surface area contributed by atoms with E-state index >= 15 is 0 Å². The molecular formula is C58H83B2Cl3N6O4. The number of halogens is 3. The molecule has 0 aliphatic carbocycles. The van der Waals surface area contributed by atoms with E-state index in [0.717, 1.165) is 112 Å². The summed E-state index contributed by atoms with van der Waals surface area (Å²) in [4.78, 5) is 37.4. The van der Waals surface area contributed by atoms with E-state index in [2.05, 4.69) is 114 Å². The van der Waals surface area contributed by atoms with E-state index in [9.17, 15) is 19.6 Å². The first-order valence-corrected chi connectivity index (χ1v) is 28.0. The quantitative estimate of drug-likeness (QED) is 0.101. The molecule has 2 amide bonds. The molecule has 2 unspecified atom stereocenters. The van der Waals surface area contributed by atoms with Gasteiger partial charge in [0, 0.05) is 74.2 Å². The van der Waals surface area contributed by atoms with Gasteiger partial charge in [0.05, 0.1) is 11.4 Å². The molecule has 4 atom stereocenters. The van der Waals surface area contributed by atoms with Gasteiger partial charge in [-0.3, -0.25) is 14.5 Å². The van der Waals surface area contributed by atoms with Crippen molar-refractivity contribution in [2.45, 2.75) is 117 Å². The normalized spacial score (nSPS) is 20.7. The van der Waals surface area contributed by atoms with Gasteiger partial charge in [-0.2, -0.15) is 0 Å². The maximum Gasteiger partial charge on any atom is 0.376 e. The molecule has 4 aromatic carbocycles. The van der Waals surface area contributed by atoms with Crippen molar-refractivity contribution in [1.82, 2.24) is 29.6 Å². The lowest BCUT2D eigenvalue weighted by atomic mass is 9.80. The van der Waals surface area contributed by atoms with Crippen LogP contribution in [0.1, 0.15) is 114 Å². The predicted molar refractivity (Wildman–Crippen MR) is 305 cm³/mol. The number of alkyl halides is 1. The molecule has 0 spiro atoms. The number of carbonyl (C=O) groups excluding carboxylic acids is 2. The molecular weight excluding hydrogens is 973 g/mol. The topological polar surface area (TPSA) is 103 Å². The highest BCUT2D eigenvalue weighted by Crippen LogP contribution is 2.37. The number of benzene rings is 4. The lowest BCUT2D eigenvalue weighted by molar-refractivity contribution is -0.141. The molecule has 15 heteroatoms. The van der Waals surface area contributed by atoms with E-state index in [0.29, 0.717) is 30.6 Å². The molecule has 0 bridgehead atoms. The number of amides is 2. The highest BCUT2D eigenvalue weighted by molar-refractivity contribution is 6.45. The third-order valence-corrected chi connectivity index (χ3v) is 16.5. The Balaban J connectivity index is 0.000000198. The zero-order chi connectivity index (χ0) is 52.9. The number of carbonyl (C=O) groups is 2. The molecule has 0 aromatic heterocycles. The zero-order valence-corrected chi connectivity index (χ0v) is 47.2. The number of nitrogens with zero attached hydrogens (tertiary/aromatic N) is 5. The summed E-state index contributed by atoms with van der Waals surface area (Å²) >= 11 is 18.4. The van der Waals surface area contributed by atoms with Crippen LogP contribution in [0.25, 0.3) is 0 Å². The average molecular weight is 1060 g/mol. The van der Waals surface area contributed by atoms with Gasteiger partial charge in [0.25, 0.3) is 0 Å². The second-order valence-corrected chi connectivity index (χ2v) is 24.3. The third-order valence-electron chi connectivity index (χ3n) is 15.5. The summed E-state index contributed by atoms with van der Waals surface area (Å²) in [5, 5.41) is 24.3. The van der Waals surface area contributed by atoms with Gasteiger partial charge in [-0.25, -0.2) is 0 Å². The average Bonchev–Trinajstić information content (AvgIpc) is 3.38. The summed E-state index contributed by atoms with van der Waals surface area (Å²) in [6.07, 6.45) is 5.26. The smallest absolute Gasteiger partial charge is 0.376 e. The SMILES string of the molecule is CB(O)N1CCC(CC(=O)N2CCN(C(c3ccccc3)c3ccc(Cl)cc3)C[C@@H]2C(C)(C)C)CC1.CB(O)N1CCC(CC(=O)N2CCNC[C@@H]2C(C)(C)C)CC1.Clc1ccc(C(Cl)c2ccccc2)cc1. The van der Waals surface area contributed by atoms with E-state index in [1.54, 1.807) is 0 Å². The summed E-state index contributed by atoms with van der Waals surface area (Å²) in [6.45, 7) is 25.6. The third kappa shape index (κ3) is 17.3. The molecule has 0 radical (unpaired) electrons. The Bertz CT molecular complexity index is 2270. The molecule has 4 saturated heterocycles. The first-order valence-electron chi connectivity index (χ1n) is 26.8. The van der Waals surface area contributed by atoms with Gasteiger partial charge >= 0.3 is 14.1 Å². The molecule has 4 aromatic rings. The van der Waals surface area contributed by atoms with Crippen LogP contribution in [0.5, 0.6) is 0 Å². The van der Waals surface area contributed by atoms with Crippen LogP contribution in [0.2, 0.25) is 23.7 Å². The minimum absolute atomic E-state index is 0.0365. The molecule has 8 rings (SSSR count). The molecule has 4 aliphatic rings. The van der Waals surface area contributed by atoms with E-state index < -0.39 is 7.05 Å². The number of rotatable bonds is 11. The maximum absolute atomic E-state index is 13.6. The second kappa shape index (κ2) is 27.6. The van der Waals surface area contributed by atoms with Gasteiger partial charge in [0.15, 0.2) is 0 Å². The fourth-order valence-corrected chi connectivity index (χ4v) is 11.5. The summed E-state index contributed by atoms with van der Waals surface area (Å²) in [6, 6.07) is 37.0. The molecule has 3 N–H and O–H groups in total. The standard InChI is InChI=1S/C29H41BClN3O2.C16H32BN3O2.C13H10Cl2/c1-29(2,3)26-21-32(28(23-8-6-5-7-9-23)24-10-12-25(31)13-11-24)18-19-34(26)27(35)20-22-14-16-33(17-15-22)30(4)36;1-16(2,3)14-12-18-7-10-20(14)15(21)11-13-5-8-19(9-6-13)17(4)22;14-12-8-6-11(7-9-12)13(15)10-4-2-1-3-5-10/h5-13,22,26,28,36H,14-21H2,1-4H3;13-14,18,22H,5-12H2,1-4H3;1-9,13H/t26-,28?;14-;/m11./s1. The van der Waals surface area contributed by atoms with Gasteiger partial charge in [-0.1, -0.05) is 150 Å². The number of nitrogens with one attached hydrogen (secondary N) is 1. The van der Waals surface area contributed by atoms with Crippen LogP contribution < -0.4 is 5.32 Å². The minimum atomic E-state index is -0.404. The highest BCUT2D eigenvalue weighted by Gasteiger charge is 2.41. The Labute approximate surface area is 454 Å². The Morgan fingerprint density at radius 3 is 1.41 bits per heavy atom. The Hall–Kier alpha value is -3.42. The van der Waals surface area contributed by atoms with E-state index in [4.69, 9.17) is 34.8 Å². The van der Waals surface area contributed by atoms with Gasteiger partial charge < -0.3 is 34.8 Å². The monoisotopic (exact) mass is 1050 g/mol. The first-order chi connectivity index (χ1) is 34.7. The molecule has 10 nitrogen and oxygen atoms in total. The molecule has 4 heterocycles. The maximum atomic E-state index is 13.6. The van der Waals surface area contributed by atoms with Crippen LogP contribution in [-0.2, 0) is 9.59 Å². The first kappa shape index (κ1) is 58.8. The molecule has 0 saturated carbocycles. The second-order valence-electron chi connectivity index (χ2n) is 23.0. The van der Waals surface area contributed by atoms with Gasteiger partial charge in [0.1, 0.15) is 0 Å². The van der Waals surface area contributed by atoms with Crippen molar-refractivity contribution in [2.75, 3.05) is 65.4 Å². The number of hydrogen-bond acceptors (Lipinski definition) is 8. The fourth-order valence-electron chi connectivity index (χ4n) is 11.0. The zero-order valence-electron chi connectivity index (χ0n) is 44.9. The lowest BCUT2D eigenvalue weighted by Crippen LogP contribution is -2.60. The molecule has 4 fully saturated rings. The Kier molecular flexibility index (Phi) is 22.2. The number of piperidine rings is 2. The van der Waals surface area contributed by atoms with Gasteiger partial charge in [-0.15, -0.1) is 11.6 Å². The van der Waals surface area contributed by atoms with Gasteiger partial charge in [0.2, 0.25) is 11.8 Å². The van der Waals surface area contributed by atoms with Crippen molar-refractivity contribution >= 4 is 60.7 Å². The molecule has 73 heavy (non-hydrogen) atoms. The number of hydrogen-bond donors (Lipinski definition) is 3. The van der Waals surface area contributed by atoms with Crippen molar-refractivity contribution < 1.29 is 19.6 Å². The van der Waals surface area contributed by atoms with E-state index in [1.165, 1.54) is 11.1 Å². The summed E-state index contributed by atoms with van der Waals surface area (Å²) in [5.41, 5.74) is 4.72. The van der Waals surface area contributed by atoms with Gasteiger partial charge in [-0.05, 0) is 135 Å². The predicted octanol–water partition coefficient (Wildman–Crippen LogP) is 10.9. The fraction of sp³-hybridized carbons (Fsp3) is 0.552.